The van der Waals surface area contributed by atoms with Crippen LogP contribution < -0.4 is 5.32 Å². The van der Waals surface area contributed by atoms with E-state index >= 15 is 0 Å². The summed E-state index contributed by atoms with van der Waals surface area (Å²) in [4.78, 5) is 0. The SMILES string of the molecule is CCNC(Cc1ccccc1)c1cccc2ccsc12. The topological polar surface area (TPSA) is 12.0 Å². The summed E-state index contributed by atoms with van der Waals surface area (Å²) < 4.78 is 1.41. The van der Waals surface area contributed by atoms with E-state index in [4.69, 9.17) is 0 Å². The van der Waals surface area contributed by atoms with E-state index in [-0.39, 0.29) is 0 Å². The monoisotopic (exact) mass is 281 g/mol. The van der Waals surface area contributed by atoms with Gasteiger partial charge in [0.1, 0.15) is 0 Å². The second-order valence-corrected chi connectivity index (χ2v) is 5.90. The molecule has 20 heavy (non-hydrogen) atoms. The van der Waals surface area contributed by atoms with E-state index in [0.29, 0.717) is 6.04 Å². The molecule has 0 radical (unpaired) electrons. The molecule has 3 aromatic rings. The van der Waals surface area contributed by atoms with Gasteiger partial charge >= 0.3 is 0 Å². The molecule has 0 bridgehead atoms. The predicted octanol–water partition coefficient (Wildman–Crippen LogP) is 4.79. The zero-order valence-electron chi connectivity index (χ0n) is 11.7. The Labute approximate surface area is 124 Å². The van der Waals surface area contributed by atoms with Crippen LogP contribution >= 0.6 is 11.3 Å². The number of hydrogen-bond donors (Lipinski definition) is 1. The lowest BCUT2D eigenvalue weighted by Crippen LogP contribution is -2.23. The Morgan fingerprint density at radius 3 is 2.65 bits per heavy atom. The van der Waals surface area contributed by atoms with Crippen LogP contribution in [0, 0.1) is 0 Å². The number of likely N-dealkylation sites (N-methyl/N-ethyl adjacent to an activating group) is 1. The fraction of sp³-hybridized carbons (Fsp3) is 0.222. The summed E-state index contributed by atoms with van der Waals surface area (Å²) in [5.74, 6) is 0. The summed E-state index contributed by atoms with van der Waals surface area (Å²) in [5.41, 5.74) is 2.80. The van der Waals surface area contributed by atoms with Crippen LogP contribution in [0.3, 0.4) is 0 Å². The van der Waals surface area contributed by atoms with Crippen molar-refractivity contribution in [1.82, 2.24) is 5.32 Å². The molecule has 1 nitrogen and oxygen atoms in total. The summed E-state index contributed by atoms with van der Waals surface area (Å²) in [5, 5.41) is 7.17. The highest BCUT2D eigenvalue weighted by molar-refractivity contribution is 7.17. The average molecular weight is 281 g/mol. The lowest BCUT2D eigenvalue weighted by atomic mass is 9.98. The molecule has 2 aromatic carbocycles. The van der Waals surface area contributed by atoms with Crippen LogP contribution in [0.15, 0.2) is 60.0 Å². The van der Waals surface area contributed by atoms with Crippen molar-refractivity contribution in [3.8, 4) is 0 Å². The van der Waals surface area contributed by atoms with Gasteiger partial charge in [0.05, 0.1) is 0 Å². The average Bonchev–Trinajstić information content (AvgIpc) is 2.96. The van der Waals surface area contributed by atoms with Crippen molar-refractivity contribution in [3.63, 3.8) is 0 Å². The second-order valence-electron chi connectivity index (χ2n) is 4.99. The Kier molecular flexibility index (Phi) is 4.14. The second kappa shape index (κ2) is 6.21. The quantitative estimate of drug-likeness (QED) is 0.708. The van der Waals surface area contributed by atoms with E-state index in [1.807, 2.05) is 11.3 Å². The molecule has 0 saturated heterocycles. The number of rotatable bonds is 5. The highest BCUT2D eigenvalue weighted by Crippen LogP contribution is 2.30. The third-order valence-corrected chi connectivity index (χ3v) is 4.60. The van der Waals surface area contributed by atoms with Crippen LogP contribution in [0.4, 0.5) is 0 Å². The molecule has 3 rings (SSSR count). The summed E-state index contributed by atoms with van der Waals surface area (Å²) in [6.07, 6.45) is 1.03. The zero-order chi connectivity index (χ0) is 13.8. The molecule has 1 aromatic heterocycles. The standard InChI is InChI=1S/C18H19NS/c1-2-19-17(13-14-7-4-3-5-8-14)16-10-6-9-15-11-12-20-18(15)16/h3-12,17,19H,2,13H2,1H3. The molecule has 0 aliphatic carbocycles. The molecule has 102 valence electrons. The smallest absolute Gasteiger partial charge is 0.0390 e. The first-order chi connectivity index (χ1) is 9.88. The number of fused-ring (bicyclic) bond motifs is 1. The summed E-state index contributed by atoms with van der Waals surface area (Å²) in [7, 11) is 0. The zero-order valence-corrected chi connectivity index (χ0v) is 12.5. The first-order valence-electron chi connectivity index (χ1n) is 7.12. The van der Waals surface area contributed by atoms with Crippen LogP contribution in [0.5, 0.6) is 0 Å². The first-order valence-corrected chi connectivity index (χ1v) is 8.00. The van der Waals surface area contributed by atoms with Gasteiger partial charge in [-0.25, -0.2) is 0 Å². The summed E-state index contributed by atoms with van der Waals surface area (Å²) in [6.45, 7) is 3.16. The number of hydrogen-bond acceptors (Lipinski definition) is 2. The Hall–Kier alpha value is -1.64. The molecule has 0 aliphatic rings. The van der Waals surface area contributed by atoms with E-state index in [2.05, 4.69) is 72.2 Å². The number of nitrogens with one attached hydrogen (secondary N) is 1. The predicted molar refractivity (Wildman–Crippen MR) is 88.4 cm³/mol. The van der Waals surface area contributed by atoms with Gasteiger partial charge in [-0.1, -0.05) is 55.5 Å². The maximum Gasteiger partial charge on any atom is 0.0390 e. The largest absolute Gasteiger partial charge is 0.310 e. The van der Waals surface area contributed by atoms with E-state index in [1.165, 1.54) is 21.2 Å². The highest BCUT2D eigenvalue weighted by atomic mass is 32.1. The molecule has 0 fully saturated rings. The van der Waals surface area contributed by atoms with Crippen molar-refractivity contribution < 1.29 is 0 Å². The first kappa shape index (κ1) is 13.3. The molecule has 1 heterocycles. The molecule has 0 spiro atoms. The van der Waals surface area contributed by atoms with Gasteiger partial charge in [-0.05, 0) is 40.9 Å². The lowest BCUT2D eigenvalue weighted by Gasteiger charge is -2.19. The molecule has 2 heteroatoms. The fourth-order valence-electron chi connectivity index (χ4n) is 2.68. The van der Waals surface area contributed by atoms with Gasteiger partial charge in [-0.3, -0.25) is 0 Å². The minimum atomic E-state index is 0.379. The maximum absolute atomic E-state index is 3.64. The van der Waals surface area contributed by atoms with Crippen molar-refractivity contribution in [2.24, 2.45) is 0 Å². The Morgan fingerprint density at radius 1 is 1.00 bits per heavy atom. The maximum atomic E-state index is 3.64. The molecule has 0 saturated carbocycles. The van der Waals surface area contributed by atoms with Crippen molar-refractivity contribution in [2.75, 3.05) is 6.54 Å². The van der Waals surface area contributed by atoms with E-state index < -0.39 is 0 Å². The van der Waals surface area contributed by atoms with Gasteiger partial charge in [-0.15, -0.1) is 11.3 Å². The molecule has 0 amide bonds. The third-order valence-electron chi connectivity index (χ3n) is 3.62. The van der Waals surface area contributed by atoms with E-state index in [1.54, 1.807) is 0 Å². The van der Waals surface area contributed by atoms with Gasteiger partial charge in [0, 0.05) is 10.7 Å². The highest BCUT2D eigenvalue weighted by Gasteiger charge is 2.14. The van der Waals surface area contributed by atoms with Crippen LogP contribution in [0.2, 0.25) is 0 Å². The fourth-order valence-corrected chi connectivity index (χ4v) is 3.65. The number of thiophene rings is 1. The minimum absolute atomic E-state index is 0.379. The molecular weight excluding hydrogens is 262 g/mol. The van der Waals surface area contributed by atoms with Crippen LogP contribution in [-0.2, 0) is 6.42 Å². The Bertz CT molecular complexity index is 672. The van der Waals surface area contributed by atoms with Crippen LogP contribution in [-0.4, -0.2) is 6.54 Å². The van der Waals surface area contributed by atoms with Crippen LogP contribution in [0.1, 0.15) is 24.1 Å². The molecule has 0 aliphatic heterocycles. The van der Waals surface area contributed by atoms with Crippen molar-refractivity contribution in [3.05, 3.63) is 71.1 Å². The molecule has 1 atom stereocenters. The molecular formula is C18H19NS. The van der Waals surface area contributed by atoms with Crippen molar-refractivity contribution in [1.29, 1.82) is 0 Å². The van der Waals surface area contributed by atoms with Crippen molar-refractivity contribution in [2.45, 2.75) is 19.4 Å². The van der Waals surface area contributed by atoms with Gasteiger partial charge in [-0.2, -0.15) is 0 Å². The van der Waals surface area contributed by atoms with Gasteiger partial charge in [0.25, 0.3) is 0 Å². The van der Waals surface area contributed by atoms with Crippen LogP contribution in [0.25, 0.3) is 10.1 Å². The van der Waals surface area contributed by atoms with Crippen molar-refractivity contribution >= 4 is 21.4 Å². The van der Waals surface area contributed by atoms with Gasteiger partial charge < -0.3 is 5.32 Å². The summed E-state index contributed by atoms with van der Waals surface area (Å²) in [6, 6.07) is 19.9. The normalized spacial score (nSPS) is 12.7. The Morgan fingerprint density at radius 2 is 1.85 bits per heavy atom. The summed E-state index contributed by atoms with van der Waals surface area (Å²) >= 11 is 1.84. The molecule has 1 N–H and O–H groups in total. The number of benzene rings is 2. The molecule has 1 unspecified atom stereocenters. The van der Waals surface area contributed by atoms with Gasteiger partial charge in [0.2, 0.25) is 0 Å². The Balaban J connectivity index is 1.96. The lowest BCUT2D eigenvalue weighted by molar-refractivity contribution is 0.554. The van der Waals surface area contributed by atoms with Gasteiger partial charge in [0.15, 0.2) is 0 Å². The third kappa shape index (κ3) is 2.77. The minimum Gasteiger partial charge on any atom is -0.310 e. The van der Waals surface area contributed by atoms with E-state index in [9.17, 15) is 0 Å². The van der Waals surface area contributed by atoms with E-state index in [0.717, 1.165) is 13.0 Å².